The van der Waals surface area contributed by atoms with E-state index in [9.17, 15) is 18.3 Å². The minimum atomic E-state index is -4.57. The van der Waals surface area contributed by atoms with Gasteiger partial charge in [-0.15, -0.1) is 0 Å². The van der Waals surface area contributed by atoms with Gasteiger partial charge in [0, 0.05) is 11.5 Å². The molecule has 3 aromatic rings. The van der Waals surface area contributed by atoms with Gasteiger partial charge in [0.2, 0.25) is 0 Å². The molecule has 1 aromatic heterocycles. The Bertz CT molecular complexity index is 899. The quantitative estimate of drug-likeness (QED) is 0.586. The molecule has 23 heavy (non-hydrogen) atoms. The number of hydrogen-bond donors (Lipinski definition) is 1. The molecule has 0 spiro atoms. The molecule has 2 aromatic carbocycles. The first-order valence-electron chi connectivity index (χ1n) is 6.11. The van der Waals surface area contributed by atoms with Crippen LogP contribution in [-0.2, 0) is 6.18 Å². The molecular weight excluding hydrogens is 376 g/mol. The van der Waals surface area contributed by atoms with E-state index in [2.05, 4.69) is 5.10 Å². The molecule has 0 amide bonds. The second kappa shape index (κ2) is 5.47. The molecule has 1 heterocycles. The number of hydrogen-bond acceptors (Lipinski definition) is 2. The van der Waals surface area contributed by atoms with Crippen molar-refractivity contribution in [2.45, 2.75) is 6.18 Å². The van der Waals surface area contributed by atoms with E-state index in [1.165, 1.54) is 23.0 Å². The highest BCUT2D eigenvalue weighted by atomic mass is 35.5. The number of halogens is 6. The first-order chi connectivity index (χ1) is 10.7. The maximum atomic E-state index is 12.8. The summed E-state index contributed by atoms with van der Waals surface area (Å²) in [5.41, 5.74) is -0.480. The fourth-order valence-corrected chi connectivity index (χ4v) is 2.96. The van der Waals surface area contributed by atoms with E-state index < -0.39 is 11.7 Å². The Morgan fingerprint density at radius 3 is 2.13 bits per heavy atom. The molecule has 0 radical (unpaired) electrons. The molecule has 0 aliphatic heterocycles. The minimum Gasteiger partial charge on any atom is -0.506 e. The van der Waals surface area contributed by atoms with Crippen LogP contribution in [0, 0.1) is 0 Å². The molecule has 0 saturated carbocycles. The van der Waals surface area contributed by atoms with E-state index in [-0.39, 0.29) is 26.5 Å². The Morgan fingerprint density at radius 1 is 0.957 bits per heavy atom. The number of benzene rings is 2. The number of aromatic hydroxyl groups is 1. The molecule has 3 rings (SSSR count). The van der Waals surface area contributed by atoms with Crippen LogP contribution in [0.3, 0.4) is 0 Å². The van der Waals surface area contributed by atoms with Gasteiger partial charge in [-0.2, -0.15) is 18.3 Å². The zero-order chi connectivity index (χ0) is 16.9. The predicted molar refractivity (Wildman–Crippen MR) is 82.8 cm³/mol. The average Bonchev–Trinajstić information content (AvgIpc) is 2.80. The van der Waals surface area contributed by atoms with E-state index in [0.29, 0.717) is 10.9 Å². The summed E-state index contributed by atoms with van der Waals surface area (Å²) in [5, 5.41) is 14.0. The van der Waals surface area contributed by atoms with E-state index in [1.54, 1.807) is 0 Å². The van der Waals surface area contributed by atoms with Gasteiger partial charge in [0.15, 0.2) is 0 Å². The van der Waals surface area contributed by atoms with Crippen molar-refractivity contribution >= 4 is 45.7 Å². The molecule has 9 heteroatoms. The van der Waals surface area contributed by atoms with Crippen LogP contribution in [0.4, 0.5) is 13.2 Å². The summed E-state index contributed by atoms with van der Waals surface area (Å²) in [6, 6.07) is 4.34. The highest BCUT2D eigenvalue weighted by Gasteiger charge is 2.32. The van der Waals surface area contributed by atoms with Crippen LogP contribution in [0.2, 0.25) is 15.1 Å². The van der Waals surface area contributed by atoms with Crippen molar-refractivity contribution in [3.63, 3.8) is 0 Å². The van der Waals surface area contributed by atoms with E-state index in [4.69, 9.17) is 34.8 Å². The maximum Gasteiger partial charge on any atom is 0.416 e. The van der Waals surface area contributed by atoms with Gasteiger partial charge in [0.05, 0.1) is 32.3 Å². The van der Waals surface area contributed by atoms with Gasteiger partial charge < -0.3 is 5.11 Å². The van der Waals surface area contributed by atoms with Crippen LogP contribution < -0.4 is 0 Å². The topological polar surface area (TPSA) is 38.1 Å². The number of alkyl halides is 3. The third-order valence-corrected chi connectivity index (χ3v) is 4.07. The van der Waals surface area contributed by atoms with Gasteiger partial charge in [-0.3, -0.25) is 0 Å². The molecule has 120 valence electrons. The van der Waals surface area contributed by atoms with Gasteiger partial charge in [0.1, 0.15) is 11.4 Å². The zero-order valence-corrected chi connectivity index (χ0v) is 13.3. The number of phenolic OH excluding ortho intramolecular Hbond substituents is 1. The molecule has 0 fully saturated rings. The smallest absolute Gasteiger partial charge is 0.416 e. The van der Waals surface area contributed by atoms with Crippen molar-refractivity contribution in [2.75, 3.05) is 0 Å². The molecule has 0 bridgehead atoms. The lowest BCUT2D eigenvalue weighted by atomic mass is 10.2. The zero-order valence-electron chi connectivity index (χ0n) is 11.0. The minimum absolute atomic E-state index is 0.0815. The molecule has 0 unspecified atom stereocenters. The van der Waals surface area contributed by atoms with Gasteiger partial charge in [0.25, 0.3) is 0 Å². The summed E-state index contributed by atoms with van der Waals surface area (Å²) in [6.45, 7) is 0. The summed E-state index contributed by atoms with van der Waals surface area (Å²) in [6.07, 6.45) is -3.13. The molecule has 0 saturated heterocycles. The number of rotatable bonds is 1. The summed E-state index contributed by atoms with van der Waals surface area (Å²) < 4.78 is 39.6. The lowest BCUT2D eigenvalue weighted by Crippen LogP contribution is -2.07. The first-order valence-corrected chi connectivity index (χ1v) is 7.24. The molecule has 0 aliphatic carbocycles. The van der Waals surface area contributed by atoms with Crippen molar-refractivity contribution in [3.05, 3.63) is 51.1 Å². The van der Waals surface area contributed by atoms with Crippen molar-refractivity contribution in [2.24, 2.45) is 0 Å². The predicted octanol–water partition coefficient (Wildman–Crippen LogP) is 5.71. The number of aromatic nitrogens is 2. The maximum absolute atomic E-state index is 12.8. The van der Waals surface area contributed by atoms with Gasteiger partial charge in [-0.05, 0) is 18.2 Å². The third-order valence-electron chi connectivity index (χ3n) is 3.19. The van der Waals surface area contributed by atoms with E-state index in [1.807, 2.05) is 0 Å². The Hall–Kier alpha value is -1.63. The van der Waals surface area contributed by atoms with Crippen LogP contribution in [0.25, 0.3) is 16.6 Å². The van der Waals surface area contributed by atoms with Gasteiger partial charge >= 0.3 is 6.18 Å². The second-order valence-corrected chi connectivity index (χ2v) is 5.93. The summed E-state index contributed by atoms with van der Waals surface area (Å²) in [7, 11) is 0. The molecule has 1 N–H and O–H groups in total. The van der Waals surface area contributed by atoms with Crippen LogP contribution in [0.1, 0.15) is 5.56 Å². The number of fused-ring (bicyclic) bond motifs is 1. The fraction of sp³-hybridized carbons (Fsp3) is 0.0714. The van der Waals surface area contributed by atoms with Crippen LogP contribution in [0.5, 0.6) is 5.75 Å². The lowest BCUT2D eigenvalue weighted by molar-refractivity contribution is -0.137. The van der Waals surface area contributed by atoms with Crippen molar-refractivity contribution in [1.29, 1.82) is 0 Å². The van der Waals surface area contributed by atoms with E-state index >= 15 is 0 Å². The SMILES string of the molecule is Oc1cc2c(cnn2-c2c(Cl)cc(C(F)(F)F)cc2Cl)cc1Cl. The van der Waals surface area contributed by atoms with Crippen molar-refractivity contribution in [3.8, 4) is 11.4 Å². The normalized spacial score (nSPS) is 12.1. The molecular formula is C14H6Cl3F3N2O. The summed E-state index contributed by atoms with van der Waals surface area (Å²) in [5.74, 6) is -0.194. The Balaban J connectivity index is 2.25. The standard InChI is InChI=1S/C14H6Cl3F3N2O/c15-8-1-6-5-21-22(11(6)4-12(8)23)13-9(16)2-7(3-10(13)17)14(18,19)20/h1-5,23H. The largest absolute Gasteiger partial charge is 0.506 e. The van der Waals surface area contributed by atoms with Gasteiger partial charge in [-0.1, -0.05) is 34.8 Å². The van der Waals surface area contributed by atoms with Crippen LogP contribution >= 0.6 is 34.8 Å². The lowest BCUT2D eigenvalue weighted by Gasteiger charge is -2.13. The molecule has 0 aliphatic rings. The van der Waals surface area contributed by atoms with Crippen LogP contribution in [-0.4, -0.2) is 14.9 Å². The van der Waals surface area contributed by atoms with Crippen LogP contribution in [0.15, 0.2) is 30.5 Å². The second-order valence-electron chi connectivity index (χ2n) is 4.71. The Kier molecular flexibility index (Phi) is 3.86. The fourth-order valence-electron chi connectivity index (χ4n) is 2.14. The third kappa shape index (κ3) is 2.82. The Morgan fingerprint density at radius 2 is 1.57 bits per heavy atom. The number of phenols is 1. The Labute approximate surface area is 142 Å². The highest BCUT2D eigenvalue weighted by Crippen LogP contribution is 2.39. The molecule has 3 nitrogen and oxygen atoms in total. The summed E-state index contributed by atoms with van der Waals surface area (Å²) >= 11 is 17.8. The van der Waals surface area contributed by atoms with Crippen molar-refractivity contribution in [1.82, 2.24) is 9.78 Å². The van der Waals surface area contributed by atoms with Gasteiger partial charge in [-0.25, -0.2) is 4.68 Å². The summed E-state index contributed by atoms with van der Waals surface area (Å²) in [4.78, 5) is 0. The monoisotopic (exact) mass is 380 g/mol. The highest BCUT2D eigenvalue weighted by molar-refractivity contribution is 6.38. The average molecular weight is 382 g/mol. The first kappa shape index (κ1) is 16.2. The molecule has 0 atom stereocenters. The van der Waals surface area contributed by atoms with Crippen molar-refractivity contribution < 1.29 is 18.3 Å². The number of nitrogens with zero attached hydrogens (tertiary/aromatic N) is 2. The van der Waals surface area contributed by atoms with E-state index in [0.717, 1.165) is 12.1 Å².